The highest BCUT2D eigenvalue weighted by Gasteiger charge is 2.20. The topological polar surface area (TPSA) is 115 Å². The number of pyridine rings is 1. The van der Waals surface area contributed by atoms with E-state index in [1.54, 1.807) is 12.3 Å². The minimum atomic E-state index is -0.597. The second kappa shape index (κ2) is 9.28. The van der Waals surface area contributed by atoms with E-state index in [9.17, 15) is 14.4 Å². The molecule has 166 valence electrons. The van der Waals surface area contributed by atoms with Crippen LogP contribution < -0.4 is 16.6 Å². The van der Waals surface area contributed by atoms with Crippen molar-refractivity contribution in [2.45, 2.75) is 60.0 Å². The smallest absolute Gasteiger partial charge is 0.330 e. The number of nitrogens with one attached hydrogen (secondary N) is 2. The van der Waals surface area contributed by atoms with E-state index in [1.807, 2.05) is 45.5 Å². The van der Waals surface area contributed by atoms with Gasteiger partial charge in [-0.3, -0.25) is 23.8 Å². The summed E-state index contributed by atoms with van der Waals surface area (Å²) in [5.41, 5.74) is 1.13. The molecule has 0 atom stereocenters. The number of hydrogen-bond donors (Lipinski definition) is 2. The fraction of sp³-hybridized carbons (Fsp3) is 0.500. The Balaban J connectivity index is 1.95. The number of aromatic amines is 1. The van der Waals surface area contributed by atoms with Gasteiger partial charge in [-0.05, 0) is 36.8 Å². The normalized spacial score (nSPS) is 11.6. The summed E-state index contributed by atoms with van der Waals surface area (Å²) in [5.74, 6) is -0.161. The van der Waals surface area contributed by atoms with Crippen LogP contribution in [0.4, 0.5) is 0 Å². The number of carbonyl (C=O) groups excluding carboxylic acids is 1. The van der Waals surface area contributed by atoms with E-state index < -0.39 is 11.2 Å². The van der Waals surface area contributed by atoms with Gasteiger partial charge in [-0.1, -0.05) is 27.7 Å². The van der Waals surface area contributed by atoms with Gasteiger partial charge >= 0.3 is 5.69 Å². The molecule has 0 aliphatic carbocycles. The van der Waals surface area contributed by atoms with Crippen LogP contribution in [0.1, 0.15) is 61.6 Å². The summed E-state index contributed by atoms with van der Waals surface area (Å²) in [6, 6.07) is 1.65. The maximum Gasteiger partial charge on any atom is 0.330 e. The SMILES string of the molecule is Cc1cnn(CCCNC(=O)c2cc(C(C)C)nc3c2c(=O)[nH]c(=O)n3CC(C)C)c1. The monoisotopic (exact) mass is 426 g/mol. The molecule has 3 heterocycles. The number of hydrogen-bond acceptors (Lipinski definition) is 5. The molecule has 0 aliphatic heterocycles. The second-order valence-corrected chi connectivity index (χ2v) is 8.60. The molecule has 9 heteroatoms. The number of nitrogens with zero attached hydrogens (tertiary/aromatic N) is 4. The van der Waals surface area contributed by atoms with E-state index in [1.165, 1.54) is 4.57 Å². The fourth-order valence-electron chi connectivity index (χ4n) is 3.43. The first-order valence-electron chi connectivity index (χ1n) is 10.6. The third kappa shape index (κ3) is 5.10. The van der Waals surface area contributed by atoms with Gasteiger partial charge in [-0.25, -0.2) is 9.78 Å². The first-order chi connectivity index (χ1) is 14.7. The molecule has 0 saturated carbocycles. The molecule has 3 aromatic heterocycles. The lowest BCUT2D eigenvalue weighted by Crippen LogP contribution is -2.34. The van der Waals surface area contributed by atoms with E-state index in [0.717, 1.165) is 5.56 Å². The van der Waals surface area contributed by atoms with E-state index in [0.29, 0.717) is 31.7 Å². The zero-order valence-electron chi connectivity index (χ0n) is 18.7. The quantitative estimate of drug-likeness (QED) is 0.536. The molecule has 2 N–H and O–H groups in total. The lowest BCUT2D eigenvalue weighted by atomic mass is 10.0. The highest BCUT2D eigenvalue weighted by molar-refractivity contribution is 6.05. The Hall–Kier alpha value is -3.23. The number of fused-ring (bicyclic) bond motifs is 1. The number of aryl methyl sites for hydroxylation is 2. The van der Waals surface area contributed by atoms with Crippen molar-refractivity contribution in [3.63, 3.8) is 0 Å². The zero-order valence-corrected chi connectivity index (χ0v) is 18.7. The van der Waals surface area contributed by atoms with Gasteiger partial charge in [0.1, 0.15) is 0 Å². The van der Waals surface area contributed by atoms with Crippen LogP contribution in [-0.2, 0) is 13.1 Å². The molecule has 0 saturated heterocycles. The third-order valence-electron chi connectivity index (χ3n) is 4.96. The van der Waals surface area contributed by atoms with Crippen LogP contribution in [0.5, 0.6) is 0 Å². The maximum absolute atomic E-state index is 13.0. The van der Waals surface area contributed by atoms with E-state index in [-0.39, 0.29) is 34.3 Å². The Kier molecular flexibility index (Phi) is 6.72. The number of carbonyl (C=O) groups is 1. The molecule has 1 amide bonds. The second-order valence-electron chi connectivity index (χ2n) is 8.60. The average Bonchev–Trinajstić information content (AvgIpc) is 3.12. The minimum Gasteiger partial charge on any atom is -0.352 e. The van der Waals surface area contributed by atoms with Gasteiger partial charge in [-0.2, -0.15) is 5.10 Å². The van der Waals surface area contributed by atoms with Crippen molar-refractivity contribution >= 4 is 16.9 Å². The maximum atomic E-state index is 13.0. The van der Waals surface area contributed by atoms with Crippen LogP contribution in [0.3, 0.4) is 0 Å². The summed E-state index contributed by atoms with van der Waals surface area (Å²) in [7, 11) is 0. The van der Waals surface area contributed by atoms with Gasteiger partial charge in [0.2, 0.25) is 0 Å². The summed E-state index contributed by atoms with van der Waals surface area (Å²) in [6.07, 6.45) is 4.43. The molecule has 0 bridgehead atoms. The molecule has 0 aromatic carbocycles. The van der Waals surface area contributed by atoms with Crippen molar-refractivity contribution in [3.8, 4) is 0 Å². The Morgan fingerprint density at radius 2 is 1.97 bits per heavy atom. The summed E-state index contributed by atoms with van der Waals surface area (Å²) < 4.78 is 3.28. The lowest BCUT2D eigenvalue weighted by molar-refractivity contribution is 0.0954. The van der Waals surface area contributed by atoms with E-state index >= 15 is 0 Å². The van der Waals surface area contributed by atoms with Crippen LogP contribution >= 0.6 is 0 Å². The number of rotatable bonds is 8. The van der Waals surface area contributed by atoms with Crippen LogP contribution in [-0.4, -0.2) is 36.8 Å². The molecular weight excluding hydrogens is 396 g/mol. The van der Waals surface area contributed by atoms with Crippen molar-refractivity contribution < 1.29 is 4.79 Å². The predicted molar refractivity (Wildman–Crippen MR) is 119 cm³/mol. The van der Waals surface area contributed by atoms with Crippen molar-refractivity contribution in [2.75, 3.05) is 6.54 Å². The Morgan fingerprint density at radius 1 is 1.23 bits per heavy atom. The van der Waals surface area contributed by atoms with Gasteiger partial charge < -0.3 is 5.32 Å². The van der Waals surface area contributed by atoms with E-state index in [2.05, 4.69) is 20.4 Å². The number of aromatic nitrogens is 5. The van der Waals surface area contributed by atoms with E-state index in [4.69, 9.17) is 0 Å². The van der Waals surface area contributed by atoms with Crippen molar-refractivity contribution in [1.29, 1.82) is 0 Å². The van der Waals surface area contributed by atoms with Gasteiger partial charge in [0.25, 0.3) is 11.5 Å². The highest BCUT2D eigenvalue weighted by Crippen LogP contribution is 2.20. The average molecular weight is 427 g/mol. The Bertz CT molecular complexity index is 1200. The highest BCUT2D eigenvalue weighted by atomic mass is 16.2. The number of H-pyrrole nitrogens is 1. The van der Waals surface area contributed by atoms with Crippen LogP contribution in [0.15, 0.2) is 28.0 Å². The van der Waals surface area contributed by atoms with Crippen LogP contribution in [0.2, 0.25) is 0 Å². The summed E-state index contributed by atoms with van der Waals surface area (Å²) >= 11 is 0. The molecule has 3 aromatic rings. The minimum absolute atomic E-state index is 0.0286. The van der Waals surface area contributed by atoms with Gasteiger partial charge in [-0.15, -0.1) is 0 Å². The summed E-state index contributed by atoms with van der Waals surface area (Å²) in [4.78, 5) is 45.1. The van der Waals surface area contributed by atoms with Crippen LogP contribution in [0, 0.1) is 12.8 Å². The summed E-state index contributed by atoms with van der Waals surface area (Å²) in [5, 5.41) is 7.27. The molecule has 3 rings (SSSR count). The largest absolute Gasteiger partial charge is 0.352 e. The number of amides is 1. The molecule has 0 spiro atoms. The molecule has 0 aliphatic rings. The van der Waals surface area contributed by atoms with Crippen molar-refractivity contribution in [2.24, 2.45) is 5.92 Å². The molecule has 0 unspecified atom stereocenters. The first-order valence-corrected chi connectivity index (χ1v) is 10.6. The lowest BCUT2D eigenvalue weighted by Gasteiger charge is -2.16. The molecule has 0 radical (unpaired) electrons. The zero-order chi connectivity index (χ0) is 22.7. The van der Waals surface area contributed by atoms with Crippen LogP contribution in [0.25, 0.3) is 11.0 Å². The fourth-order valence-corrected chi connectivity index (χ4v) is 3.43. The van der Waals surface area contributed by atoms with Crippen molar-refractivity contribution in [3.05, 3.63) is 56.1 Å². The molecule has 9 nitrogen and oxygen atoms in total. The predicted octanol–water partition coefficient (Wildman–Crippen LogP) is 2.19. The first kappa shape index (κ1) is 22.5. The molecule has 0 fully saturated rings. The van der Waals surface area contributed by atoms with Crippen molar-refractivity contribution in [1.82, 2.24) is 29.6 Å². The van der Waals surface area contributed by atoms with Gasteiger partial charge in [0.05, 0.1) is 17.1 Å². The molecular formula is C22H30N6O3. The van der Waals surface area contributed by atoms with Gasteiger partial charge in [0.15, 0.2) is 5.65 Å². The molecule has 31 heavy (non-hydrogen) atoms. The Labute approximate surface area is 180 Å². The standard InChI is InChI=1S/C22H30N6O3/c1-13(2)11-28-19-18(21(30)26-22(28)31)16(9-17(25-19)14(3)4)20(29)23-7-6-8-27-12-15(5)10-24-27/h9-10,12-14H,6-8,11H2,1-5H3,(H,23,29)(H,26,30,31). The van der Waals surface area contributed by atoms with Gasteiger partial charge in [0, 0.05) is 31.5 Å². The Morgan fingerprint density at radius 3 is 2.58 bits per heavy atom. The summed E-state index contributed by atoms with van der Waals surface area (Å²) in [6.45, 7) is 11.3. The third-order valence-corrected chi connectivity index (χ3v) is 4.96.